The summed E-state index contributed by atoms with van der Waals surface area (Å²) in [5.74, 6) is 1.06. The van der Waals surface area contributed by atoms with Gasteiger partial charge in [0.05, 0.1) is 5.75 Å². The maximum absolute atomic E-state index is 11.6. The number of sulfonamides is 1. The first-order chi connectivity index (χ1) is 8.14. The highest BCUT2D eigenvalue weighted by molar-refractivity contribution is 7.89. The van der Waals surface area contributed by atoms with E-state index in [-0.39, 0.29) is 5.75 Å². The molecule has 0 unspecified atom stereocenters. The second-order valence-corrected chi connectivity index (χ2v) is 6.83. The highest BCUT2D eigenvalue weighted by Gasteiger charge is 2.21. The largest absolute Gasteiger partial charge is 0.317 e. The maximum atomic E-state index is 11.6. The Morgan fingerprint density at radius 3 is 2.53 bits per heavy atom. The number of nitrogens with one attached hydrogen (secondary N) is 2. The Morgan fingerprint density at radius 1 is 1.12 bits per heavy atom. The number of hydrogen-bond acceptors (Lipinski definition) is 3. The smallest absolute Gasteiger partial charge is 0.211 e. The van der Waals surface area contributed by atoms with E-state index in [1.807, 2.05) is 0 Å². The highest BCUT2D eigenvalue weighted by atomic mass is 32.2. The third-order valence-electron chi connectivity index (χ3n) is 3.01. The first-order valence-electron chi connectivity index (χ1n) is 6.82. The van der Waals surface area contributed by atoms with Crippen LogP contribution < -0.4 is 10.0 Å². The van der Waals surface area contributed by atoms with Crippen LogP contribution in [0.4, 0.5) is 0 Å². The first-order valence-corrected chi connectivity index (χ1v) is 8.47. The topological polar surface area (TPSA) is 58.2 Å². The molecule has 1 saturated carbocycles. The van der Waals surface area contributed by atoms with Crippen LogP contribution in [0, 0.1) is 5.92 Å². The predicted octanol–water partition coefficient (Wildman–Crippen LogP) is 1.49. The number of unbranched alkanes of at least 4 members (excludes halogenated alkanes) is 1. The molecule has 0 aromatic heterocycles. The average molecular weight is 262 g/mol. The normalized spacial score (nSPS) is 16.3. The molecular weight excluding hydrogens is 236 g/mol. The van der Waals surface area contributed by atoms with Crippen molar-refractivity contribution in [1.82, 2.24) is 10.0 Å². The van der Waals surface area contributed by atoms with Gasteiger partial charge in [-0.05, 0) is 44.7 Å². The summed E-state index contributed by atoms with van der Waals surface area (Å²) >= 11 is 0. The van der Waals surface area contributed by atoms with Gasteiger partial charge in [0.1, 0.15) is 0 Å². The van der Waals surface area contributed by atoms with Crippen LogP contribution in [0.1, 0.15) is 45.4 Å². The standard InChI is InChI=1S/C12H26N2O2S/c1-2-8-13-9-3-4-11-17(15,16)14-10-7-12-5-6-12/h12-14H,2-11H2,1H3. The average Bonchev–Trinajstić information content (AvgIpc) is 3.07. The van der Waals surface area contributed by atoms with Crippen LogP contribution in [0.5, 0.6) is 0 Å². The zero-order chi connectivity index (χ0) is 12.6. The molecule has 0 aliphatic heterocycles. The molecule has 0 spiro atoms. The van der Waals surface area contributed by atoms with Crippen LogP contribution >= 0.6 is 0 Å². The van der Waals surface area contributed by atoms with E-state index in [0.29, 0.717) is 6.54 Å². The molecule has 4 nitrogen and oxygen atoms in total. The summed E-state index contributed by atoms with van der Waals surface area (Å²) < 4.78 is 25.9. The molecule has 0 aromatic rings. The molecule has 0 aromatic carbocycles. The van der Waals surface area contributed by atoms with Gasteiger partial charge in [-0.25, -0.2) is 13.1 Å². The van der Waals surface area contributed by atoms with E-state index in [1.165, 1.54) is 12.8 Å². The molecule has 1 fully saturated rings. The van der Waals surface area contributed by atoms with E-state index >= 15 is 0 Å². The number of rotatable bonds is 11. The molecule has 0 heterocycles. The third-order valence-corrected chi connectivity index (χ3v) is 4.48. The Morgan fingerprint density at radius 2 is 1.88 bits per heavy atom. The van der Waals surface area contributed by atoms with Crippen molar-refractivity contribution in [2.75, 3.05) is 25.4 Å². The van der Waals surface area contributed by atoms with Crippen molar-refractivity contribution in [2.24, 2.45) is 5.92 Å². The van der Waals surface area contributed by atoms with Gasteiger partial charge in [0.25, 0.3) is 0 Å². The van der Waals surface area contributed by atoms with Crippen LogP contribution in [0.2, 0.25) is 0 Å². The van der Waals surface area contributed by atoms with E-state index in [9.17, 15) is 8.42 Å². The molecule has 0 atom stereocenters. The summed E-state index contributed by atoms with van der Waals surface area (Å²) in [6, 6.07) is 0. The number of hydrogen-bond donors (Lipinski definition) is 2. The molecule has 1 rings (SSSR count). The summed E-state index contributed by atoms with van der Waals surface area (Å²) in [5, 5.41) is 3.27. The quantitative estimate of drug-likeness (QED) is 0.555. The Labute approximate surface area is 106 Å². The van der Waals surface area contributed by atoms with Gasteiger partial charge < -0.3 is 5.32 Å². The van der Waals surface area contributed by atoms with E-state index < -0.39 is 10.0 Å². The van der Waals surface area contributed by atoms with Crippen LogP contribution in [-0.4, -0.2) is 33.8 Å². The predicted molar refractivity (Wildman–Crippen MR) is 71.5 cm³/mol. The summed E-state index contributed by atoms with van der Waals surface area (Å²) in [5.41, 5.74) is 0. The minimum atomic E-state index is -3.02. The molecular formula is C12H26N2O2S. The Hall–Kier alpha value is -0.130. The maximum Gasteiger partial charge on any atom is 0.211 e. The molecule has 5 heteroatoms. The second kappa shape index (κ2) is 8.06. The fraction of sp³-hybridized carbons (Fsp3) is 1.00. The zero-order valence-corrected chi connectivity index (χ0v) is 11.7. The van der Waals surface area contributed by atoms with Crippen LogP contribution in [0.3, 0.4) is 0 Å². The monoisotopic (exact) mass is 262 g/mol. The van der Waals surface area contributed by atoms with Gasteiger partial charge in [-0.1, -0.05) is 19.8 Å². The van der Waals surface area contributed by atoms with Crippen molar-refractivity contribution in [3.63, 3.8) is 0 Å². The van der Waals surface area contributed by atoms with Crippen molar-refractivity contribution in [1.29, 1.82) is 0 Å². The van der Waals surface area contributed by atoms with Crippen LogP contribution in [0.25, 0.3) is 0 Å². The van der Waals surface area contributed by atoms with Crippen LogP contribution in [-0.2, 0) is 10.0 Å². The fourth-order valence-corrected chi connectivity index (χ4v) is 2.90. The molecule has 0 bridgehead atoms. The SMILES string of the molecule is CCCNCCCCS(=O)(=O)NCCC1CC1. The van der Waals surface area contributed by atoms with Crippen molar-refractivity contribution in [3.05, 3.63) is 0 Å². The van der Waals surface area contributed by atoms with Crippen LogP contribution in [0.15, 0.2) is 0 Å². The van der Waals surface area contributed by atoms with E-state index in [1.54, 1.807) is 0 Å². The lowest BCUT2D eigenvalue weighted by Gasteiger charge is -2.06. The van der Waals surface area contributed by atoms with Gasteiger partial charge in [0.2, 0.25) is 10.0 Å². The van der Waals surface area contributed by atoms with Crippen molar-refractivity contribution in [2.45, 2.75) is 45.4 Å². The fourth-order valence-electron chi connectivity index (χ4n) is 1.74. The van der Waals surface area contributed by atoms with Gasteiger partial charge in [-0.2, -0.15) is 0 Å². The first kappa shape index (κ1) is 14.9. The van der Waals surface area contributed by atoms with E-state index in [2.05, 4.69) is 17.0 Å². The summed E-state index contributed by atoms with van der Waals surface area (Å²) in [7, 11) is -3.02. The third kappa shape index (κ3) is 8.57. The van der Waals surface area contributed by atoms with Crippen molar-refractivity contribution in [3.8, 4) is 0 Å². The second-order valence-electron chi connectivity index (χ2n) is 4.90. The van der Waals surface area contributed by atoms with Crippen molar-refractivity contribution < 1.29 is 8.42 Å². The van der Waals surface area contributed by atoms with E-state index in [4.69, 9.17) is 0 Å². The van der Waals surface area contributed by atoms with Gasteiger partial charge in [-0.3, -0.25) is 0 Å². The summed E-state index contributed by atoms with van der Waals surface area (Å²) in [4.78, 5) is 0. The van der Waals surface area contributed by atoms with Gasteiger partial charge in [0, 0.05) is 6.54 Å². The summed E-state index contributed by atoms with van der Waals surface area (Å²) in [6.45, 7) is 4.69. The molecule has 102 valence electrons. The van der Waals surface area contributed by atoms with Gasteiger partial charge >= 0.3 is 0 Å². The minimum absolute atomic E-state index is 0.269. The van der Waals surface area contributed by atoms with E-state index in [0.717, 1.165) is 44.7 Å². The molecule has 1 aliphatic carbocycles. The minimum Gasteiger partial charge on any atom is -0.317 e. The van der Waals surface area contributed by atoms with Gasteiger partial charge in [0.15, 0.2) is 0 Å². The lowest BCUT2D eigenvalue weighted by atomic mass is 10.3. The summed E-state index contributed by atoms with van der Waals surface area (Å²) in [6.07, 6.45) is 6.38. The lowest BCUT2D eigenvalue weighted by molar-refractivity contribution is 0.567. The zero-order valence-electron chi connectivity index (χ0n) is 10.9. The molecule has 2 N–H and O–H groups in total. The molecule has 17 heavy (non-hydrogen) atoms. The lowest BCUT2D eigenvalue weighted by Crippen LogP contribution is -2.28. The highest BCUT2D eigenvalue weighted by Crippen LogP contribution is 2.31. The molecule has 0 saturated heterocycles. The molecule has 1 aliphatic rings. The molecule has 0 radical (unpaired) electrons. The Bertz CT molecular complexity index is 287. The molecule has 0 amide bonds. The Kier molecular flexibility index (Phi) is 7.08. The Balaban J connectivity index is 1.95. The van der Waals surface area contributed by atoms with Crippen molar-refractivity contribution >= 4 is 10.0 Å². The van der Waals surface area contributed by atoms with Gasteiger partial charge in [-0.15, -0.1) is 0 Å².